The van der Waals surface area contributed by atoms with Gasteiger partial charge >= 0.3 is 10.1 Å². The van der Waals surface area contributed by atoms with Crippen LogP contribution in [-0.2, 0) is 21.5 Å². The van der Waals surface area contributed by atoms with Crippen molar-refractivity contribution in [1.82, 2.24) is 5.32 Å². The Morgan fingerprint density at radius 2 is 2.00 bits per heavy atom. The van der Waals surface area contributed by atoms with E-state index in [9.17, 15) is 13.2 Å². The van der Waals surface area contributed by atoms with Crippen LogP contribution in [0, 0.1) is 0 Å². The van der Waals surface area contributed by atoms with Crippen molar-refractivity contribution in [2.45, 2.75) is 13.5 Å². The van der Waals surface area contributed by atoms with E-state index >= 15 is 0 Å². The summed E-state index contributed by atoms with van der Waals surface area (Å²) in [6, 6.07) is 4.80. The molecular weight excluding hydrogens is 258 g/mol. The highest BCUT2D eigenvalue weighted by atomic mass is 32.2. The van der Waals surface area contributed by atoms with Crippen LogP contribution in [0.5, 0.6) is 11.5 Å². The molecule has 1 amide bonds. The topological polar surface area (TPSA) is 81.7 Å². The van der Waals surface area contributed by atoms with Crippen LogP contribution < -0.4 is 14.2 Å². The minimum Gasteiger partial charge on any atom is -0.493 e. The molecule has 0 heterocycles. The minimum absolute atomic E-state index is 0.0999. The van der Waals surface area contributed by atoms with E-state index in [1.54, 1.807) is 12.1 Å². The average molecular weight is 273 g/mol. The van der Waals surface area contributed by atoms with Crippen LogP contribution >= 0.6 is 0 Å². The lowest BCUT2D eigenvalue weighted by Gasteiger charge is -2.10. The fraction of sp³-hybridized carbons (Fsp3) is 0.364. The number of ether oxygens (including phenoxy) is 1. The number of methoxy groups -OCH3 is 1. The Morgan fingerprint density at radius 1 is 1.33 bits per heavy atom. The molecule has 0 fully saturated rings. The molecule has 6 nitrogen and oxygen atoms in total. The van der Waals surface area contributed by atoms with Crippen molar-refractivity contribution in [3.63, 3.8) is 0 Å². The molecule has 0 saturated heterocycles. The highest BCUT2D eigenvalue weighted by molar-refractivity contribution is 7.86. The third-order valence-corrected chi connectivity index (χ3v) is 2.49. The van der Waals surface area contributed by atoms with Gasteiger partial charge in [0, 0.05) is 13.5 Å². The smallest absolute Gasteiger partial charge is 0.306 e. The molecule has 0 aliphatic rings. The maximum atomic E-state index is 11.1. The van der Waals surface area contributed by atoms with Gasteiger partial charge in [-0.1, -0.05) is 6.07 Å². The zero-order chi connectivity index (χ0) is 13.8. The van der Waals surface area contributed by atoms with E-state index in [2.05, 4.69) is 5.32 Å². The van der Waals surface area contributed by atoms with Crippen molar-refractivity contribution < 1.29 is 22.1 Å². The molecule has 0 unspecified atom stereocenters. The summed E-state index contributed by atoms with van der Waals surface area (Å²) < 4.78 is 32.0. The maximum absolute atomic E-state index is 11.1. The first kappa shape index (κ1) is 14.3. The normalized spacial score (nSPS) is 10.8. The van der Waals surface area contributed by atoms with Gasteiger partial charge in [-0.2, -0.15) is 8.42 Å². The van der Waals surface area contributed by atoms with E-state index in [0.29, 0.717) is 17.9 Å². The molecule has 1 aromatic carbocycles. The van der Waals surface area contributed by atoms with E-state index in [1.807, 2.05) is 0 Å². The van der Waals surface area contributed by atoms with Gasteiger partial charge in [-0.15, -0.1) is 0 Å². The number of hydrogen-bond acceptors (Lipinski definition) is 5. The monoisotopic (exact) mass is 273 g/mol. The number of benzene rings is 1. The highest BCUT2D eigenvalue weighted by Crippen LogP contribution is 2.29. The molecule has 0 spiro atoms. The molecule has 0 bridgehead atoms. The predicted octanol–water partition coefficient (Wildman–Crippen LogP) is 0.670. The second-order valence-electron chi connectivity index (χ2n) is 3.68. The Bertz CT molecular complexity index is 538. The van der Waals surface area contributed by atoms with Gasteiger partial charge in [0.15, 0.2) is 11.5 Å². The summed E-state index contributed by atoms with van der Waals surface area (Å²) in [6.45, 7) is 1.69. The van der Waals surface area contributed by atoms with E-state index < -0.39 is 10.1 Å². The Morgan fingerprint density at radius 3 is 2.50 bits per heavy atom. The second kappa shape index (κ2) is 5.72. The summed E-state index contributed by atoms with van der Waals surface area (Å²) in [5.74, 6) is 0.242. The standard InChI is InChI=1S/C11H15NO5S/c1-8(13)12-7-9-4-5-10(16-2)11(6-9)17-18(3,14)15/h4-6H,7H2,1-3H3,(H,12,13). The van der Waals surface area contributed by atoms with Crippen molar-refractivity contribution >= 4 is 16.0 Å². The fourth-order valence-electron chi connectivity index (χ4n) is 1.29. The van der Waals surface area contributed by atoms with Gasteiger partial charge in [-0.3, -0.25) is 4.79 Å². The first-order valence-corrected chi connectivity index (χ1v) is 6.94. The van der Waals surface area contributed by atoms with Gasteiger partial charge in [0.2, 0.25) is 5.91 Å². The number of nitrogens with one attached hydrogen (secondary N) is 1. The summed E-state index contributed by atoms with van der Waals surface area (Å²) in [5, 5.41) is 2.60. The quantitative estimate of drug-likeness (QED) is 0.797. The van der Waals surface area contributed by atoms with Crippen LogP contribution in [0.4, 0.5) is 0 Å². The number of hydrogen-bond donors (Lipinski definition) is 1. The summed E-state index contributed by atoms with van der Waals surface area (Å²) in [4.78, 5) is 10.8. The van der Waals surface area contributed by atoms with Gasteiger partial charge in [0.05, 0.1) is 13.4 Å². The fourth-order valence-corrected chi connectivity index (χ4v) is 1.74. The molecule has 0 aliphatic carbocycles. The second-order valence-corrected chi connectivity index (χ2v) is 5.26. The molecule has 0 radical (unpaired) electrons. The van der Waals surface area contributed by atoms with Crippen LogP contribution in [0.2, 0.25) is 0 Å². The number of amides is 1. The summed E-state index contributed by atoms with van der Waals surface area (Å²) in [7, 11) is -2.21. The number of rotatable bonds is 5. The molecule has 18 heavy (non-hydrogen) atoms. The average Bonchev–Trinajstić information content (AvgIpc) is 2.24. The summed E-state index contributed by atoms with van der Waals surface area (Å²) >= 11 is 0. The lowest BCUT2D eigenvalue weighted by Crippen LogP contribution is -2.19. The Labute approximate surface area is 106 Å². The lowest BCUT2D eigenvalue weighted by atomic mass is 10.2. The van der Waals surface area contributed by atoms with Crippen molar-refractivity contribution in [1.29, 1.82) is 0 Å². The Hall–Kier alpha value is -1.76. The molecular formula is C11H15NO5S. The number of carbonyl (C=O) groups excluding carboxylic acids is 1. The van der Waals surface area contributed by atoms with Crippen LogP contribution in [0.25, 0.3) is 0 Å². The first-order chi connectivity index (χ1) is 8.31. The van der Waals surface area contributed by atoms with E-state index in [4.69, 9.17) is 8.92 Å². The largest absolute Gasteiger partial charge is 0.493 e. The van der Waals surface area contributed by atoms with E-state index in [1.165, 1.54) is 20.1 Å². The summed E-state index contributed by atoms with van der Waals surface area (Å²) in [5.41, 5.74) is 0.713. The third kappa shape index (κ3) is 4.62. The predicted molar refractivity (Wildman–Crippen MR) is 66.0 cm³/mol. The molecule has 0 atom stereocenters. The zero-order valence-corrected chi connectivity index (χ0v) is 11.2. The molecule has 0 aliphatic heterocycles. The zero-order valence-electron chi connectivity index (χ0n) is 10.4. The summed E-state index contributed by atoms with van der Waals surface area (Å²) in [6.07, 6.45) is 0.951. The van der Waals surface area contributed by atoms with Gasteiger partial charge in [0.25, 0.3) is 0 Å². The lowest BCUT2D eigenvalue weighted by molar-refractivity contribution is -0.119. The van der Waals surface area contributed by atoms with Crippen LogP contribution in [0.3, 0.4) is 0 Å². The van der Waals surface area contributed by atoms with Crippen molar-refractivity contribution in [2.24, 2.45) is 0 Å². The van der Waals surface area contributed by atoms with Crippen molar-refractivity contribution in [3.8, 4) is 11.5 Å². The Balaban J connectivity index is 2.98. The molecule has 1 rings (SSSR count). The van der Waals surface area contributed by atoms with Gasteiger partial charge in [0.1, 0.15) is 0 Å². The van der Waals surface area contributed by atoms with Crippen molar-refractivity contribution in [3.05, 3.63) is 23.8 Å². The SMILES string of the molecule is COc1ccc(CNC(C)=O)cc1OS(C)(=O)=O. The van der Waals surface area contributed by atoms with Gasteiger partial charge in [-0.25, -0.2) is 0 Å². The molecule has 0 saturated carbocycles. The minimum atomic E-state index is -3.63. The molecule has 7 heteroatoms. The van der Waals surface area contributed by atoms with Crippen LogP contribution in [-0.4, -0.2) is 27.7 Å². The molecule has 100 valence electrons. The molecule has 1 N–H and O–H groups in total. The van der Waals surface area contributed by atoms with Gasteiger partial charge in [-0.05, 0) is 17.7 Å². The molecule has 0 aromatic heterocycles. The Kier molecular flexibility index (Phi) is 4.55. The van der Waals surface area contributed by atoms with Crippen LogP contribution in [0.15, 0.2) is 18.2 Å². The van der Waals surface area contributed by atoms with Gasteiger partial charge < -0.3 is 14.2 Å². The van der Waals surface area contributed by atoms with Crippen molar-refractivity contribution in [2.75, 3.05) is 13.4 Å². The van der Waals surface area contributed by atoms with Crippen LogP contribution in [0.1, 0.15) is 12.5 Å². The van der Waals surface area contributed by atoms with E-state index in [0.717, 1.165) is 6.26 Å². The molecule has 1 aromatic rings. The van der Waals surface area contributed by atoms with E-state index in [-0.39, 0.29) is 11.7 Å². The first-order valence-electron chi connectivity index (χ1n) is 5.12. The maximum Gasteiger partial charge on any atom is 0.306 e. The number of carbonyl (C=O) groups is 1. The third-order valence-electron chi connectivity index (χ3n) is 2.01. The highest BCUT2D eigenvalue weighted by Gasteiger charge is 2.11.